The highest BCUT2D eigenvalue weighted by Gasteiger charge is 2.23. The van der Waals surface area contributed by atoms with Crippen LogP contribution < -0.4 is 26.0 Å². The minimum atomic E-state index is -1.02. The van der Waals surface area contributed by atoms with Gasteiger partial charge in [0, 0.05) is 55.8 Å². The molecule has 3 N–H and O–H groups in total. The maximum absolute atomic E-state index is 13.2. The summed E-state index contributed by atoms with van der Waals surface area (Å²) < 4.78 is 3.19. The standard InChI is InChI=1S/C23H22N4O3.C20H22ClN3O3/c1-14-9-10-16-21(20(14)26(2)3)27(13-19(28)29)23-17(22(16)30)11-12-18(25-23)24-15-7-5-4-6-8-15;1-20(2,3)14-9-7-12-18(27)11-6-8-13(21)17(23(4)5)16(11)24(10-15(25)26)19(12)22-14/h4-12H,13H2,1-3H3,(H,24,25)(H,28,29);6-9H,10H2,1-5H3,(H,25,26). The van der Waals surface area contributed by atoms with Crippen LogP contribution in [0.25, 0.3) is 43.9 Å². The molecule has 0 aliphatic rings. The zero-order chi connectivity index (χ0) is 41.5. The number of nitrogens with zero attached hydrogens (tertiary/aromatic N) is 6. The third kappa shape index (κ3) is 7.83. The van der Waals surface area contributed by atoms with Gasteiger partial charge in [-0.05, 0) is 67.1 Å². The van der Waals surface area contributed by atoms with E-state index in [4.69, 9.17) is 11.6 Å². The number of fused-ring (bicyclic) bond motifs is 4. The van der Waals surface area contributed by atoms with E-state index in [9.17, 15) is 29.4 Å². The molecule has 0 aliphatic heterocycles. The van der Waals surface area contributed by atoms with Crippen LogP contribution in [-0.2, 0) is 28.1 Å². The molecule has 7 rings (SSSR count). The van der Waals surface area contributed by atoms with Crippen LogP contribution >= 0.6 is 11.6 Å². The van der Waals surface area contributed by atoms with Gasteiger partial charge in [-0.2, -0.15) is 0 Å². The zero-order valence-electron chi connectivity index (χ0n) is 33.0. The number of carboxylic acid groups (broad SMARTS) is 2. The molecule has 0 spiro atoms. The van der Waals surface area contributed by atoms with Crippen LogP contribution in [0.1, 0.15) is 32.0 Å². The third-order valence-electron chi connectivity index (χ3n) is 9.53. The minimum absolute atomic E-state index is 0.163. The number of benzene rings is 3. The van der Waals surface area contributed by atoms with E-state index in [-0.39, 0.29) is 29.4 Å². The molecule has 0 amide bonds. The fourth-order valence-electron chi connectivity index (χ4n) is 7.04. The number of carbonyl (C=O) groups is 2. The van der Waals surface area contributed by atoms with Crippen LogP contribution in [0.4, 0.5) is 22.9 Å². The molecule has 0 radical (unpaired) electrons. The summed E-state index contributed by atoms with van der Waals surface area (Å²) in [7, 11) is 7.36. The van der Waals surface area contributed by atoms with Gasteiger partial charge in [0.25, 0.3) is 0 Å². The normalized spacial score (nSPS) is 11.5. The van der Waals surface area contributed by atoms with Gasteiger partial charge in [0.15, 0.2) is 10.9 Å². The van der Waals surface area contributed by atoms with Crippen molar-refractivity contribution in [3.8, 4) is 0 Å². The van der Waals surface area contributed by atoms with Crippen molar-refractivity contribution in [3.05, 3.63) is 116 Å². The molecule has 4 aromatic heterocycles. The van der Waals surface area contributed by atoms with E-state index in [2.05, 4.69) is 15.3 Å². The van der Waals surface area contributed by atoms with Gasteiger partial charge < -0.3 is 34.5 Å². The van der Waals surface area contributed by atoms with Crippen LogP contribution in [0.5, 0.6) is 0 Å². The number of para-hydroxylation sites is 1. The Hall–Kier alpha value is -6.47. The summed E-state index contributed by atoms with van der Waals surface area (Å²) in [6.45, 7) is 7.36. The molecule has 0 atom stereocenters. The SMILES string of the molecule is CN(C)c1c(Cl)ccc2c(=O)c3ccc(C(C)(C)C)nc3n(CC(=O)O)c12.Cc1ccc2c(=O)c3ccc(Nc4ccccc4)nc3n(CC(=O)O)c2c1N(C)C. The zero-order valence-corrected chi connectivity index (χ0v) is 33.8. The lowest BCUT2D eigenvalue weighted by atomic mass is 9.91. The van der Waals surface area contributed by atoms with Gasteiger partial charge in [-0.15, -0.1) is 0 Å². The topological polar surface area (TPSA) is 163 Å². The van der Waals surface area contributed by atoms with E-state index >= 15 is 0 Å². The number of halogens is 1. The quantitative estimate of drug-likeness (QED) is 0.132. The molecule has 13 nitrogen and oxygen atoms in total. The fourth-order valence-corrected chi connectivity index (χ4v) is 7.36. The average Bonchev–Trinajstić information content (AvgIpc) is 3.14. The van der Waals surface area contributed by atoms with Crippen LogP contribution in [-0.4, -0.2) is 69.4 Å². The summed E-state index contributed by atoms with van der Waals surface area (Å²) in [5.41, 5.74) is 5.12. The summed E-state index contributed by atoms with van der Waals surface area (Å²) in [6.07, 6.45) is 0. The lowest BCUT2D eigenvalue weighted by Crippen LogP contribution is -2.22. The van der Waals surface area contributed by atoms with E-state index in [0.717, 1.165) is 22.6 Å². The van der Waals surface area contributed by atoms with Gasteiger partial charge in [-0.3, -0.25) is 19.2 Å². The summed E-state index contributed by atoms with van der Waals surface area (Å²) in [4.78, 5) is 62.7. The highest BCUT2D eigenvalue weighted by molar-refractivity contribution is 6.35. The highest BCUT2D eigenvalue weighted by Crippen LogP contribution is 2.35. The van der Waals surface area contributed by atoms with Gasteiger partial charge in [0.05, 0.1) is 38.2 Å². The number of rotatable bonds is 8. The average molecular weight is 790 g/mol. The third-order valence-corrected chi connectivity index (χ3v) is 9.84. The van der Waals surface area contributed by atoms with E-state index in [1.54, 1.807) is 64.5 Å². The molecule has 0 saturated carbocycles. The van der Waals surface area contributed by atoms with Crippen molar-refractivity contribution in [2.24, 2.45) is 0 Å². The molecule has 14 heteroatoms. The van der Waals surface area contributed by atoms with Crippen molar-refractivity contribution in [2.75, 3.05) is 43.3 Å². The first-order valence-electron chi connectivity index (χ1n) is 18.1. The second kappa shape index (κ2) is 15.6. The summed E-state index contributed by atoms with van der Waals surface area (Å²) in [6, 6.07) is 23.5. The Morgan fingerprint density at radius 2 is 1.18 bits per heavy atom. The number of carboxylic acids is 2. The van der Waals surface area contributed by atoms with Gasteiger partial charge in [0.1, 0.15) is 30.2 Å². The lowest BCUT2D eigenvalue weighted by Gasteiger charge is -2.23. The van der Waals surface area contributed by atoms with Gasteiger partial charge >= 0.3 is 11.9 Å². The molecular formula is C43H44ClN7O6. The van der Waals surface area contributed by atoms with Crippen molar-refractivity contribution in [3.63, 3.8) is 0 Å². The number of hydrogen-bond acceptors (Lipinski definition) is 9. The number of hydrogen-bond donors (Lipinski definition) is 3. The lowest BCUT2D eigenvalue weighted by molar-refractivity contribution is -0.138. The Balaban J connectivity index is 0.000000194. The second-order valence-electron chi connectivity index (χ2n) is 15.2. The second-order valence-corrected chi connectivity index (χ2v) is 15.6. The first-order chi connectivity index (χ1) is 26.9. The molecule has 0 aliphatic carbocycles. The Morgan fingerprint density at radius 1 is 0.684 bits per heavy atom. The Bertz CT molecular complexity index is 2840. The summed E-state index contributed by atoms with van der Waals surface area (Å²) >= 11 is 6.39. The van der Waals surface area contributed by atoms with Crippen LogP contribution in [0.2, 0.25) is 5.02 Å². The first-order valence-corrected chi connectivity index (χ1v) is 18.5. The molecule has 0 fully saturated rings. The number of aryl methyl sites for hydroxylation is 1. The Labute approximate surface area is 333 Å². The van der Waals surface area contributed by atoms with E-state index in [1.807, 2.05) is 89.2 Å². The number of anilines is 4. The van der Waals surface area contributed by atoms with Crippen molar-refractivity contribution in [1.82, 2.24) is 19.1 Å². The van der Waals surface area contributed by atoms with Crippen LogP contribution in [0.15, 0.2) is 88.5 Å². The molecule has 294 valence electrons. The molecule has 3 aromatic carbocycles. The monoisotopic (exact) mass is 789 g/mol. The molecule has 0 bridgehead atoms. The fraction of sp³-hybridized carbons (Fsp3) is 0.256. The van der Waals surface area contributed by atoms with E-state index in [0.29, 0.717) is 60.4 Å². The summed E-state index contributed by atoms with van der Waals surface area (Å²) in [5, 5.41) is 24.4. The van der Waals surface area contributed by atoms with Gasteiger partial charge in [-0.25, -0.2) is 9.97 Å². The van der Waals surface area contributed by atoms with Crippen LogP contribution in [0, 0.1) is 6.92 Å². The maximum atomic E-state index is 13.2. The smallest absolute Gasteiger partial charge is 0.323 e. The van der Waals surface area contributed by atoms with Crippen LogP contribution in [0.3, 0.4) is 0 Å². The predicted octanol–water partition coefficient (Wildman–Crippen LogP) is 7.40. The molecule has 57 heavy (non-hydrogen) atoms. The van der Waals surface area contributed by atoms with Crippen molar-refractivity contribution >= 4 is 90.3 Å². The molecule has 0 saturated heterocycles. The van der Waals surface area contributed by atoms with Gasteiger partial charge in [0.2, 0.25) is 0 Å². The molecular weight excluding hydrogens is 746 g/mol. The van der Waals surface area contributed by atoms with Crippen molar-refractivity contribution < 1.29 is 19.8 Å². The van der Waals surface area contributed by atoms with Gasteiger partial charge in [-0.1, -0.05) is 56.6 Å². The van der Waals surface area contributed by atoms with Crippen molar-refractivity contribution in [1.29, 1.82) is 0 Å². The van der Waals surface area contributed by atoms with E-state index in [1.165, 1.54) is 0 Å². The number of aliphatic carboxylic acids is 2. The Morgan fingerprint density at radius 3 is 1.70 bits per heavy atom. The van der Waals surface area contributed by atoms with Crippen molar-refractivity contribution in [2.45, 2.75) is 46.2 Å². The number of aromatic nitrogens is 4. The molecule has 4 heterocycles. The van der Waals surface area contributed by atoms with E-state index < -0.39 is 11.9 Å². The number of pyridine rings is 4. The minimum Gasteiger partial charge on any atom is -0.480 e. The highest BCUT2D eigenvalue weighted by atomic mass is 35.5. The largest absolute Gasteiger partial charge is 0.480 e. The first kappa shape index (κ1) is 40.2. The predicted molar refractivity (Wildman–Crippen MR) is 229 cm³/mol. The molecule has 0 unspecified atom stereocenters. The maximum Gasteiger partial charge on any atom is 0.323 e. The summed E-state index contributed by atoms with van der Waals surface area (Å²) in [5.74, 6) is -1.49. The Kier molecular flexibility index (Phi) is 11.0. The number of nitrogens with one attached hydrogen (secondary N) is 1. The molecule has 7 aromatic rings.